The number of hydrogen-bond acceptors (Lipinski definition) is 4. The first-order valence-electron chi connectivity index (χ1n) is 6.71. The molecule has 0 radical (unpaired) electrons. The first kappa shape index (κ1) is 15.5. The molecule has 0 aliphatic carbocycles. The zero-order valence-electron chi connectivity index (χ0n) is 12.1. The normalized spacial score (nSPS) is 12.7. The highest BCUT2D eigenvalue weighted by Crippen LogP contribution is 2.12. The fourth-order valence-electron chi connectivity index (χ4n) is 1.77. The number of aromatic nitrogens is 2. The van der Waals surface area contributed by atoms with Crippen LogP contribution in [0.4, 0.5) is 5.69 Å². The second-order valence-electron chi connectivity index (χ2n) is 4.75. The Labute approximate surface area is 114 Å². The number of nitrogens with one attached hydrogen (secondary N) is 1. The van der Waals surface area contributed by atoms with Crippen LogP contribution in [0.3, 0.4) is 0 Å². The quantitative estimate of drug-likeness (QED) is 0.780. The SMILES string of the molecule is CCOCC(NC(=O)c1c(N)cnn1CC)C(C)C. The Hall–Kier alpha value is -1.56. The van der Waals surface area contributed by atoms with E-state index in [1.54, 1.807) is 4.68 Å². The molecule has 1 aromatic heterocycles. The minimum absolute atomic E-state index is 0.0351. The summed E-state index contributed by atoms with van der Waals surface area (Å²) in [7, 11) is 0. The van der Waals surface area contributed by atoms with Gasteiger partial charge >= 0.3 is 0 Å². The summed E-state index contributed by atoms with van der Waals surface area (Å²) in [6, 6.07) is -0.0351. The summed E-state index contributed by atoms with van der Waals surface area (Å²) in [6.45, 7) is 9.69. The van der Waals surface area contributed by atoms with Crippen LogP contribution >= 0.6 is 0 Å². The summed E-state index contributed by atoms with van der Waals surface area (Å²) in [6.07, 6.45) is 1.51. The van der Waals surface area contributed by atoms with Gasteiger partial charge in [-0.15, -0.1) is 0 Å². The molecule has 6 heteroatoms. The average Bonchev–Trinajstić information content (AvgIpc) is 2.75. The fourth-order valence-corrected chi connectivity index (χ4v) is 1.77. The van der Waals surface area contributed by atoms with Crippen molar-refractivity contribution in [3.63, 3.8) is 0 Å². The zero-order valence-corrected chi connectivity index (χ0v) is 12.1. The van der Waals surface area contributed by atoms with Gasteiger partial charge < -0.3 is 15.8 Å². The molecule has 1 rings (SSSR count). The molecule has 0 spiro atoms. The number of amides is 1. The second-order valence-corrected chi connectivity index (χ2v) is 4.75. The minimum atomic E-state index is -0.199. The van der Waals surface area contributed by atoms with Crippen LogP contribution < -0.4 is 11.1 Å². The van der Waals surface area contributed by atoms with Gasteiger partial charge in [-0.25, -0.2) is 0 Å². The second kappa shape index (κ2) is 7.13. The van der Waals surface area contributed by atoms with Crippen molar-refractivity contribution in [2.24, 2.45) is 5.92 Å². The molecular formula is C13H24N4O2. The third-order valence-electron chi connectivity index (χ3n) is 3.01. The molecule has 0 aliphatic heterocycles. The highest BCUT2D eigenvalue weighted by atomic mass is 16.5. The van der Waals surface area contributed by atoms with E-state index >= 15 is 0 Å². The molecule has 3 N–H and O–H groups in total. The molecule has 19 heavy (non-hydrogen) atoms. The Morgan fingerprint density at radius 3 is 2.74 bits per heavy atom. The van der Waals surface area contributed by atoms with Gasteiger partial charge in [0.15, 0.2) is 0 Å². The Morgan fingerprint density at radius 2 is 2.21 bits per heavy atom. The lowest BCUT2D eigenvalue weighted by Gasteiger charge is -2.22. The first-order chi connectivity index (χ1) is 9.01. The maximum absolute atomic E-state index is 12.3. The highest BCUT2D eigenvalue weighted by Gasteiger charge is 2.21. The number of carbonyl (C=O) groups is 1. The van der Waals surface area contributed by atoms with Crippen molar-refractivity contribution in [1.29, 1.82) is 0 Å². The largest absolute Gasteiger partial charge is 0.396 e. The zero-order chi connectivity index (χ0) is 14.4. The number of carbonyl (C=O) groups excluding carboxylic acids is 1. The molecule has 1 amide bonds. The molecule has 1 aromatic rings. The predicted octanol–water partition coefficient (Wildman–Crippen LogP) is 1.28. The molecule has 0 aromatic carbocycles. The van der Waals surface area contributed by atoms with Crippen molar-refractivity contribution < 1.29 is 9.53 Å². The predicted molar refractivity (Wildman–Crippen MR) is 74.9 cm³/mol. The van der Waals surface area contributed by atoms with Gasteiger partial charge in [0, 0.05) is 13.2 Å². The van der Waals surface area contributed by atoms with Crippen LogP contribution in [0.15, 0.2) is 6.20 Å². The molecule has 0 saturated heterocycles. The van der Waals surface area contributed by atoms with Crippen LogP contribution in [0.5, 0.6) is 0 Å². The molecule has 0 aliphatic rings. The van der Waals surface area contributed by atoms with Crippen molar-refractivity contribution >= 4 is 11.6 Å². The van der Waals surface area contributed by atoms with E-state index < -0.39 is 0 Å². The smallest absolute Gasteiger partial charge is 0.272 e. The fraction of sp³-hybridized carbons (Fsp3) is 0.692. The van der Waals surface area contributed by atoms with Gasteiger partial charge in [-0.3, -0.25) is 9.48 Å². The van der Waals surface area contributed by atoms with E-state index in [0.29, 0.717) is 31.1 Å². The van der Waals surface area contributed by atoms with E-state index in [-0.39, 0.29) is 17.9 Å². The van der Waals surface area contributed by atoms with Gasteiger partial charge in [0.25, 0.3) is 5.91 Å². The highest BCUT2D eigenvalue weighted by molar-refractivity contribution is 5.97. The van der Waals surface area contributed by atoms with Gasteiger partial charge in [0.05, 0.1) is 24.5 Å². The van der Waals surface area contributed by atoms with Crippen molar-refractivity contribution in [1.82, 2.24) is 15.1 Å². The Bertz CT molecular complexity index is 415. The topological polar surface area (TPSA) is 82.2 Å². The van der Waals surface area contributed by atoms with Crippen LogP contribution in [0, 0.1) is 5.92 Å². The molecule has 1 atom stereocenters. The van der Waals surface area contributed by atoms with Crippen LogP contribution in [-0.4, -0.2) is 34.9 Å². The summed E-state index contributed by atoms with van der Waals surface area (Å²) in [5, 5.41) is 7.03. The first-order valence-corrected chi connectivity index (χ1v) is 6.71. The summed E-state index contributed by atoms with van der Waals surface area (Å²) in [5.74, 6) is 0.0879. The van der Waals surface area contributed by atoms with E-state index in [4.69, 9.17) is 10.5 Å². The molecule has 108 valence electrons. The Kier molecular flexibility index (Phi) is 5.82. The minimum Gasteiger partial charge on any atom is -0.396 e. The lowest BCUT2D eigenvalue weighted by molar-refractivity contribution is 0.0798. The molecule has 0 fully saturated rings. The van der Waals surface area contributed by atoms with Gasteiger partial charge in [0.2, 0.25) is 0 Å². The number of nitrogens with two attached hydrogens (primary N) is 1. The lowest BCUT2D eigenvalue weighted by atomic mass is 10.1. The third kappa shape index (κ3) is 3.96. The molecule has 1 heterocycles. The Morgan fingerprint density at radius 1 is 1.53 bits per heavy atom. The number of hydrogen-bond donors (Lipinski definition) is 2. The molecule has 1 unspecified atom stereocenters. The summed E-state index contributed by atoms with van der Waals surface area (Å²) in [4.78, 5) is 12.3. The monoisotopic (exact) mass is 268 g/mol. The van der Waals surface area contributed by atoms with E-state index in [9.17, 15) is 4.79 Å². The van der Waals surface area contributed by atoms with E-state index in [2.05, 4.69) is 10.4 Å². The summed E-state index contributed by atoms with van der Waals surface area (Å²) in [5.41, 5.74) is 6.62. The number of nitrogens with zero attached hydrogens (tertiary/aromatic N) is 2. The van der Waals surface area contributed by atoms with E-state index in [1.807, 2.05) is 27.7 Å². The number of anilines is 1. The van der Waals surface area contributed by atoms with Crippen molar-refractivity contribution in [3.8, 4) is 0 Å². The molecular weight excluding hydrogens is 244 g/mol. The van der Waals surface area contributed by atoms with Gasteiger partial charge in [-0.2, -0.15) is 5.10 Å². The summed E-state index contributed by atoms with van der Waals surface area (Å²) < 4.78 is 6.99. The average molecular weight is 268 g/mol. The maximum atomic E-state index is 12.3. The maximum Gasteiger partial charge on any atom is 0.272 e. The summed E-state index contributed by atoms with van der Waals surface area (Å²) >= 11 is 0. The molecule has 6 nitrogen and oxygen atoms in total. The number of ether oxygens (including phenoxy) is 1. The standard InChI is InChI=1S/C13H24N4O2/c1-5-17-12(10(14)7-15-17)13(18)16-11(9(3)4)8-19-6-2/h7,9,11H,5-6,8,14H2,1-4H3,(H,16,18). The third-order valence-corrected chi connectivity index (χ3v) is 3.01. The van der Waals surface area contributed by atoms with Gasteiger partial charge in [-0.05, 0) is 19.8 Å². The van der Waals surface area contributed by atoms with Crippen LogP contribution in [0.1, 0.15) is 38.2 Å². The van der Waals surface area contributed by atoms with Crippen molar-refractivity contribution in [3.05, 3.63) is 11.9 Å². The van der Waals surface area contributed by atoms with Crippen molar-refractivity contribution in [2.75, 3.05) is 18.9 Å². The van der Waals surface area contributed by atoms with Gasteiger partial charge in [0.1, 0.15) is 5.69 Å². The number of nitrogen functional groups attached to an aromatic ring is 1. The van der Waals surface area contributed by atoms with Gasteiger partial charge in [-0.1, -0.05) is 13.8 Å². The number of aryl methyl sites for hydroxylation is 1. The van der Waals surface area contributed by atoms with Crippen LogP contribution in [0.25, 0.3) is 0 Å². The Balaban J connectivity index is 2.78. The van der Waals surface area contributed by atoms with Crippen molar-refractivity contribution in [2.45, 2.75) is 40.3 Å². The molecule has 0 bridgehead atoms. The number of rotatable bonds is 7. The van der Waals surface area contributed by atoms with Crippen LogP contribution in [-0.2, 0) is 11.3 Å². The van der Waals surface area contributed by atoms with E-state index in [1.165, 1.54) is 6.20 Å². The molecule has 0 saturated carbocycles. The van der Waals surface area contributed by atoms with Crippen LogP contribution in [0.2, 0.25) is 0 Å². The van der Waals surface area contributed by atoms with E-state index in [0.717, 1.165) is 0 Å². The lowest BCUT2D eigenvalue weighted by Crippen LogP contribution is -2.42.